The van der Waals surface area contributed by atoms with Crippen LogP contribution in [0.5, 0.6) is 0 Å². The van der Waals surface area contributed by atoms with Crippen molar-refractivity contribution in [3.8, 4) is 0 Å². The number of rotatable bonds is 10. The molecule has 0 atom stereocenters. The number of nitrogens with zero attached hydrogens (tertiary/aromatic N) is 1. The predicted octanol–water partition coefficient (Wildman–Crippen LogP) is 4.64. The van der Waals surface area contributed by atoms with E-state index in [4.69, 9.17) is 4.74 Å². The molecular weight excluding hydrogens is 516 g/mol. The lowest BCUT2D eigenvalue weighted by Crippen LogP contribution is -2.32. The lowest BCUT2D eigenvalue weighted by Gasteiger charge is -2.26. The second-order valence-electron chi connectivity index (χ2n) is 8.02. The first kappa shape index (κ1) is 27.8. The normalized spacial score (nSPS) is 11.8. The maximum absolute atomic E-state index is 13.7. The number of aryl methyl sites for hydroxylation is 2. The summed E-state index contributed by atoms with van der Waals surface area (Å²) in [6, 6.07) is 18.9. The highest BCUT2D eigenvalue weighted by atomic mass is 32.2. The molecule has 11 heteroatoms. The minimum atomic E-state index is -4.11. The van der Waals surface area contributed by atoms with E-state index in [1.807, 2.05) is 13.8 Å². The Morgan fingerprint density at radius 2 is 1.41 bits per heavy atom. The summed E-state index contributed by atoms with van der Waals surface area (Å²) in [7, 11) is -6.94. The lowest BCUT2D eigenvalue weighted by molar-refractivity contribution is 0.0817. The largest absolute Gasteiger partial charge is 0.508 e. The van der Waals surface area contributed by atoms with Gasteiger partial charge in [-0.15, -0.1) is 0 Å². The van der Waals surface area contributed by atoms with Crippen molar-refractivity contribution in [2.45, 2.75) is 23.6 Å². The second-order valence-corrected chi connectivity index (χ2v) is 11.6. The molecule has 1 N–H and O–H groups in total. The first-order valence-corrected chi connectivity index (χ1v) is 14.1. The molecule has 3 rings (SSSR count). The number of hydrogen-bond acceptors (Lipinski definition) is 7. The Hall–Kier alpha value is -3.83. The number of carbonyl (C=O) groups excluding carboxylic acids is 1. The Balaban J connectivity index is 2.01. The fourth-order valence-electron chi connectivity index (χ4n) is 3.28. The van der Waals surface area contributed by atoms with Crippen LogP contribution in [0, 0.1) is 13.8 Å². The van der Waals surface area contributed by atoms with E-state index in [1.54, 1.807) is 36.4 Å². The van der Waals surface area contributed by atoms with Crippen LogP contribution < -0.4 is 9.03 Å². The summed E-state index contributed by atoms with van der Waals surface area (Å²) in [4.78, 5) is 11.2. The van der Waals surface area contributed by atoms with Gasteiger partial charge in [0.05, 0.1) is 34.8 Å². The van der Waals surface area contributed by atoms with E-state index in [-0.39, 0.29) is 34.3 Å². The van der Waals surface area contributed by atoms with Gasteiger partial charge in [0, 0.05) is 0 Å². The van der Waals surface area contributed by atoms with Crippen LogP contribution in [0.15, 0.2) is 94.7 Å². The van der Waals surface area contributed by atoms with E-state index >= 15 is 0 Å². The van der Waals surface area contributed by atoms with Crippen molar-refractivity contribution in [2.75, 3.05) is 29.3 Å². The van der Waals surface area contributed by atoms with Crippen LogP contribution in [0.3, 0.4) is 0 Å². The first-order valence-electron chi connectivity index (χ1n) is 11.2. The van der Waals surface area contributed by atoms with Gasteiger partial charge in [-0.25, -0.2) is 21.6 Å². The number of benzene rings is 3. The molecule has 0 aromatic heterocycles. The monoisotopic (exact) mass is 544 g/mol. The van der Waals surface area contributed by atoms with Gasteiger partial charge >= 0.3 is 6.16 Å². The molecule has 0 bridgehead atoms. The van der Waals surface area contributed by atoms with Gasteiger partial charge in [-0.1, -0.05) is 53.6 Å². The highest BCUT2D eigenvalue weighted by Crippen LogP contribution is 2.32. The SMILES string of the molecule is COC(=O)OC/C=C/CN(c1ccccc1NS(=O)(=O)c1ccc(C)cc1)S(=O)(=O)c1ccc(C)cc1. The molecule has 0 unspecified atom stereocenters. The third-order valence-electron chi connectivity index (χ3n) is 5.26. The van der Waals surface area contributed by atoms with E-state index in [1.165, 1.54) is 55.7 Å². The van der Waals surface area contributed by atoms with Crippen LogP contribution in [0.4, 0.5) is 16.2 Å². The summed E-state index contributed by atoms with van der Waals surface area (Å²) >= 11 is 0. The zero-order valence-corrected chi connectivity index (χ0v) is 22.3. The van der Waals surface area contributed by atoms with Gasteiger partial charge in [0.1, 0.15) is 6.61 Å². The maximum Gasteiger partial charge on any atom is 0.508 e. The Morgan fingerprint density at radius 3 is 2.00 bits per heavy atom. The average Bonchev–Trinajstić information content (AvgIpc) is 2.87. The topological polar surface area (TPSA) is 119 Å². The maximum atomic E-state index is 13.7. The smallest absolute Gasteiger partial charge is 0.438 e. The minimum Gasteiger partial charge on any atom is -0.438 e. The molecule has 196 valence electrons. The quantitative estimate of drug-likeness (QED) is 0.292. The number of carbonyl (C=O) groups is 1. The van der Waals surface area contributed by atoms with Crippen molar-refractivity contribution in [3.05, 3.63) is 96.1 Å². The molecule has 9 nitrogen and oxygen atoms in total. The van der Waals surface area contributed by atoms with E-state index in [9.17, 15) is 21.6 Å². The zero-order valence-electron chi connectivity index (χ0n) is 20.6. The van der Waals surface area contributed by atoms with Crippen LogP contribution in [0.2, 0.25) is 0 Å². The number of nitrogens with one attached hydrogen (secondary N) is 1. The average molecular weight is 545 g/mol. The van der Waals surface area contributed by atoms with Crippen LogP contribution in [0.25, 0.3) is 0 Å². The van der Waals surface area contributed by atoms with Gasteiger partial charge in [-0.05, 0) is 56.3 Å². The zero-order chi connectivity index (χ0) is 27.1. The van der Waals surface area contributed by atoms with Gasteiger partial charge in [0.15, 0.2) is 0 Å². The summed E-state index contributed by atoms with van der Waals surface area (Å²) in [6.45, 7) is 3.39. The summed E-state index contributed by atoms with van der Waals surface area (Å²) in [5.74, 6) is 0. The number of methoxy groups -OCH3 is 1. The third kappa shape index (κ3) is 7.11. The van der Waals surface area contributed by atoms with Crippen molar-refractivity contribution in [3.63, 3.8) is 0 Å². The molecule has 3 aromatic rings. The van der Waals surface area contributed by atoms with Crippen LogP contribution >= 0.6 is 0 Å². The van der Waals surface area contributed by atoms with Crippen LogP contribution in [-0.4, -0.2) is 43.3 Å². The van der Waals surface area contributed by atoms with Gasteiger partial charge in [-0.2, -0.15) is 0 Å². The summed E-state index contributed by atoms with van der Waals surface area (Å²) in [5.41, 5.74) is 1.99. The number of anilines is 2. The predicted molar refractivity (Wildman–Crippen MR) is 142 cm³/mol. The fourth-order valence-corrected chi connectivity index (χ4v) is 5.78. The summed E-state index contributed by atoms with van der Waals surface area (Å²) < 4.78 is 66.4. The van der Waals surface area contributed by atoms with Crippen molar-refractivity contribution < 1.29 is 31.1 Å². The Labute approximate surface area is 217 Å². The number of hydrogen-bond donors (Lipinski definition) is 1. The lowest BCUT2D eigenvalue weighted by atomic mass is 10.2. The molecule has 0 saturated heterocycles. The Kier molecular flexibility index (Phi) is 8.95. The number of sulfonamides is 2. The second kappa shape index (κ2) is 11.9. The molecule has 0 saturated carbocycles. The molecule has 3 aromatic carbocycles. The van der Waals surface area contributed by atoms with Crippen molar-refractivity contribution >= 4 is 37.6 Å². The molecule has 0 radical (unpaired) electrons. The van der Waals surface area contributed by atoms with Gasteiger partial charge < -0.3 is 9.47 Å². The van der Waals surface area contributed by atoms with E-state index in [0.29, 0.717) is 0 Å². The molecule has 0 aliphatic rings. The standard InChI is InChI=1S/C26H28N2O7S2/c1-20-10-14-22(15-11-20)36(30,31)27-24-8-4-5-9-25(24)28(18-6-7-19-35-26(29)34-3)37(32,33)23-16-12-21(2)13-17-23/h4-17,27H,18-19H2,1-3H3/b7-6+. The highest BCUT2D eigenvalue weighted by Gasteiger charge is 2.27. The molecule has 0 fully saturated rings. The van der Waals surface area contributed by atoms with Crippen molar-refractivity contribution in [1.82, 2.24) is 0 Å². The Morgan fingerprint density at radius 1 is 0.838 bits per heavy atom. The number of para-hydroxylation sites is 2. The van der Waals surface area contributed by atoms with Gasteiger partial charge in [0.25, 0.3) is 20.0 Å². The van der Waals surface area contributed by atoms with E-state index < -0.39 is 26.2 Å². The van der Waals surface area contributed by atoms with Crippen molar-refractivity contribution in [1.29, 1.82) is 0 Å². The van der Waals surface area contributed by atoms with Gasteiger partial charge in [-0.3, -0.25) is 9.03 Å². The molecule has 0 amide bonds. The molecule has 0 spiro atoms. The molecule has 0 heterocycles. The molecule has 37 heavy (non-hydrogen) atoms. The summed E-state index contributed by atoms with van der Waals surface area (Å²) in [5, 5.41) is 0. The van der Waals surface area contributed by atoms with Crippen molar-refractivity contribution in [2.24, 2.45) is 0 Å². The minimum absolute atomic E-state index is 0.0357. The van der Waals surface area contributed by atoms with Gasteiger partial charge in [0.2, 0.25) is 0 Å². The van der Waals surface area contributed by atoms with E-state index in [2.05, 4.69) is 9.46 Å². The fraction of sp³-hybridized carbons (Fsp3) is 0.192. The van der Waals surface area contributed by atoms with Crippen LogP contribution in [-0.2, 0) is 29.5 Å². The Bertz CT molecular complexity index is 1470. The third-order valence-corrected chi connectivity index (χ3v) is 8.43. The molecule has 0 aliphatic heterocycles. The van der Waals surface area contributed by atoms with Crippen LogP contribution in [0.1, 0.15) is 11.1 Å². The summed E-state index contributed by atoms with van der Waals surface area (Å²) in [6.07, 6.45) is 2.10. The molecular formula is C26H28N2O7S2. The first-order chi connectivity index (χ1) is 17.5. The highest BCUT2D eigenvalue weighted by molar-refractivity contribution is 7.93. The number of ether oxygens (including phenoxy) is 2. The van der Waals surface area contributed by atoms with E-state index in [0.717, 1.165) is 15.4 Å². The molecule has 0 aliphatic carbocycles.